The number of primary sulfonamides is 1. The number of sulfonamides is 1. The quantitative estimate of drug-likeness (QED) is 0.672. The first kappa shape index (κ1) is 20.1. The predicted molar refractivity (Wildman–Crippen MR) is 116 cm³/mol. The molecule has 0 fully saturated rings. The van der Waals surface area contributed by atoms with Crippen molar-refractivity contribution in [1.29, 1.82) is 0 Å². The van der Waals surface area contributed by atoms with Crippen LogP contribution in [0.1, 0.15) is 0 Å². The van der Waals surface area contributed by atoms with Gasteiger partial charge in [-0.15, -0.1) is 0 Å². The van der Waals surface area contributed by atoms with Crippen molar-refractivity contribution in [3.63, 3.8) is 0 Å². The van der Waals surface area contributed by atoms with Gasteiger partial charge in [0.05, 0.1) is 17.7 Å². The van der Waals surface area contributed by atoms with E-state index >= 15 is 0 Å². The van der Waals surface area contributed by atoms with E-state index in [2.05, 4.69) is 0 Å². The van der Waals surface area contributed by atoms with Gasteiger partial charge < -0.3 is 19.1 Å². The van der Waals surface area contributed by atoms with E-state index in [-0.39, 0.29) is 11.7 Å². The molecule has 156 valence electrons. The Kier molecular flexibility index (Phi) is 5.05. The summed E-state index contributed by atoms with van der Waals surface area (Å²) >= 11 is 0. The summed E-state index contributed by atoms with van der Waals surface area (Å²) in [4.78, 5) is 2.04. The van der Waals surface area contributed by atoms with E-state index < -0.39 is 10.0 Å². The van der Waals surface area contributed by atoms with Gasteiger partial charge in [0.25, 0.3) is 0 Å². The van der Waals surface area contributed by atoms with Gasteiger partial charge in [-0.2, -0.15) is 0 Å². The van der Waals surface area contributed by atoms with Crippen molar-refractivity contribution in [2.75, 3.05) is 32.9 Å². The Morgan fingerprint density at radius 1 is 0.900 bits per heavy atom. The zero-order chi connectivity index (χ0) is 21.5. The smallest absolute Gasteiger partial charge is 0.238 e. The average Bonchev–Trinajstić information content (AvgIpc) is 3.19. The fraction of sp³-hybridized carbons (Fsp3) is 0.182. The Bertz CT molecular complexity index is 1200. The largest absolute Gasteiger partial charge is 0.495 e. The summed E-state index contributed by atoms with van der Waals surface area (Å²) < 4.78 is 39.9. The number of benzene rings is 3. The molecule has 0 atom stereocenters. The summed E-state index contributed by atoms with van der Waals surface area (Å²) in [5.74, 6) is 2.04. The van der Waals surface area contributed by atoms with E-state index in [4.69, 9.17) is 19.3 Å². The van der Waals surface area contributed by atoms with Gasteiger partial charge in [-0.3, -0.25) is 0 Å². The van der Waals surface area contributed by atoms with Crippen molar-refractivity contribution < 1.29 is 22.6 Å². The van der Waals surface area contributed by atoms with Crippen LogP contribution in [0, 0.1) is 0 Å². The maximum absolute atomic E-state index is 11.6. The number of ether oxygens (including phenoxy) is 3. The van der Waals surface area contributed by atoms with Gasteiger partial charge in [0.15, 0.2) is 11.5 Å². The van der Waals surface area contributed by atoms with Crippen molar-refractivity contribution in [1.82, 2.24) is 0 Å². The van der Waals surface area contributed by atoms with Crippen molar-refractivity contribution in [2.24, 2.45) is 5.14 Å². The number of rotatable bonds is 5. The van der Waals surface area contributed by atoms with Gasteiger partial charge in [0.1, 0.15) is 5.75 Å². The van der Waals surface area contributed by atoms with Crippen LogP contribution in [-0.4, -0.2) is 36.4 Å². The van der Waals surface area contributed by atoms with Gasteiger partial charge in [0, 0.05) is 14.1 Å². The molecule has 0 radical (unpaired) electrons. The SMILES string of the molecule is COc1cc(-c2cc3c(cc2-c2ccc(S(N)(=O)=O)cc2)OCO3)ccc1N(C)C. The highest BCUT2D eigenvalue weighted by Crippen LogP contribution is 2.44. The molecule has 0 spiro atoms. The van der Waals surface area contributed by atoms with Gasteiger partial charge in [0.2, 0.25) is 16.8 Å². The number of anilines is 1. The lowest BCUT2D eigenvalue weighted by molar-refractivity contribution is 0.174. The second kappa shape index (κ2) is 7.55. The summed E-state index contributed by atoms with van der Waals surface area (Å²) in [7, 11) is 1.79. The molecule has 1 heterocycles. The van der Waals surface area contributed by atoms with Crippen molar-refractivity contribution in [3.05, 3.63) is 54.6 Å². The van der Waals surface area contributed by atoms with Crippen LogP contribution in [-0.2, 0) is 10.0 Å². The van der Waals surface area contributed by atoms with E-state index in [1.807, 2.05) is 49.3 Å². The predicted octanol–water partition coefficient (Wildman–Crippen LogP) is 3.47. The molecule has 7 nitrogen and oxygen atoms in total. The molecular weight excluding hydrogens is 404 g/mol. The van der Waals surface area contributed by atoms with Crippen LogP contribution in [0.15, 0.2) is 59.5 Å². The lowest BCUT2D eigenvalue weighted by atomic mass is 9.93. The summed E-state index contributed by atoms with van der Waals surface area (Å²) in [5, 5.41) is 5.23. The van der Waals surface area contributed by atoms with Crippen LogP contribution < -0.4 is 24.2 Å². The minimum Gasteiger partial charge on any atom is -0.495 e. The number of nitrogens with two attached hydrogens (primary N) is 1. The third-order valence-corrected chi connectivity index (χ3v) is 5.91. The summed E-state index contributed by atoms with van der Waals surface area (Å²) in [5.41, 5.74) is 4.50. The van der Waals surface area contributed by atoms with Crippen molar-refractivity contribution >= 4 is 15.7 Å². The van der Waals surface area contributed by atoms with E-state index in [0.717, 1.165) is 33.7 Å². The van der Waals surface area contributed by atoms with E-state index in [1.165, 1.54) is 12.1 Å². The first-order valence-corrected chi connectivity index (χ1v) is 10.7. The lowest BCUT2D eigenvalue weighted by Gasteiger charge is -2.19. The van der Waals surface area contributed by atoms with Crippen LogP contribution in [0.2, 0.25) is 0 Å². The third-order valence-electron chi connectivity index (χ3n) is 4.98. The maximum Gasteiger partial charge on any atom is 0.238 e. The fourth-order valence-corrected chi connectivity index (χ4v) is 3.97. The molecule has 4 rings (SSSR count). The molecule has 8 heteroatoms. The Labute approximate surface area is 175 Å². The lowest BCUT2D eigenvalue weighted by Crippen LogP contribution is -2.11. The number of methoxy groups -OCH3 is 1. The van der Waals surface area contributed by atoms with Crippen molar-refractivity contribution in [2.45, 2.75) is 4.90 Å². The summed E-state index contributed by atoms with van der Waals surface area (Å²) in [6.07, 6.45) is 0. The first-order chi connectivity index (χ1) is 14.3. The van der Waals surface area contributed by atoms with Gasteiger partial charge >= 0.3 is 0 Å². The standard InChI is InChI=1S/C22H22N2O5S/c1-24(2)19-9-6-15(10-20(19)27-3)18-12-22-21(28-13-29-22)11-17(18)14-4-7-16(8-5-14)30(23,25)26/h4-12H,13H2,1-3H3,(H2,23,25,26). The minimum atomic E-state index is -3.76. The highest BCUT2D eigenvalue weighted by Gasteiger charge is 2.20. The molecule has 0 saturated carbocycles. The highest BCUT2D eigenvalue weighted by atomic mass is 32.2. The van der Waals surface area contributed by atoms with Crippen LogP contribution in [0.25, 0.3) is 22.3 Å². The highest BCUT2D eigenvalue weighted by molar-refractivity contribution is 7.89. The third kappa shape index (κ3) is 3.67. The molecule has 0 saturated heterocycles. The van der Waals surface area contributed by atoms with Crippen LogP contribution in [0.5, 0.6) is 17.2 Å². The molecule has 30 heavy (non-hydrogen) atoms. The molecular formula is C22H22N2O5S. The Morgan fingerprint density at radius 2 is 1.47 bits per heavy atom. The molecule has 0 unspecified atom stereocenters. The normalized spacial score (nSPS) is 12.7. The molecule has 3 aromatic rings. The van der Waals surface area contributed by atoms with Crippen LogP contribution in [0.3, 0.4) is 0 Å². The molecule has 0 bridgehead atoms. The second-order valence-electron chi connectivity index (χ2n) is 7.10. The Hall–Kier alpha value is -3.23. The average molecular weight is 426 g/mol. The van der Waals surface area contributed by atoms with E-state index in [9.17, 15) is 8.42 Å². The zero-order valence-corrected chi connectivity index (χ0v) is 17.7. The molecule has 2 N–H and O–H groups in total. The zero-order valence-electron chi connectivity index (χ0n) is 16.9. The topological polar surface area (TPSA) is 91.1 Å². The van der Waals surface area contributed by atoms with E-state index in [0.29, 0.717) is 11.5 Å². The van der Waals surface area contributed by atoms with Gasteiger partial charge in [-0.05, 0) is 58.7 Å². The molecule has 1 aliphatic rings. The molecule has 0 aliphatic carbocycles. The molecule has 1 aliphatic heterocycles. The van der Waals surface area contributed by atoms with Crippen molar-refractivity contribution in [3.8, 4) is 39.5 Å². The molecule has 3 aromatic carbocycles. The summed E-state index contributed by atoms with van der Waals surface area (Å²) in [6, 6.07) is 16.2. The Balaban J connectivity index is 1.88. The molecule has 0 amide bonds. The Morgan fingerprint density at radius 3 is 2.00 bits per heavy atom. The van der Waals surface area contributed by atoms with Gasteiger partial charge in [-0.1, -0.05) is 18.2 Å². The number of hydrogen-bond donors (Lipinski definition) is 1. The minimum absolute atomic E-state index is 0.0607. The fourth-order valence-electron chi connectivity index (χ4n) is 3.46. The van der Waals surface area contributed by atoms with Crippen LogP contribution >= 0.6 is 0 Å². The maximum atomic E-state index is 11.6. The number of nitrogens with zero attached hydrogens (tertiary/aromatic N) is 1. The second-order valence-corrected chi connectivity index (χ2v) is 8.66. The number of fused-ring (bicyclic) bond motifs is 1. The van der Waals surface area contributed by atoms with E-state index in [1.54, 1.807) is 19.2 Å². The summed E-state index contributed by atoms with van der Waals surface area (Å²) in [6.45, 7) is 0.158. The van der Waals surface area contributed by atoms with Gasteiger partial charge in [-0.25, -0.2) is 13.6 Å². The first-order valence-electron chi connectivity index (χ1n) is 9.20. The monoisotopic (exact) mass is 426 g/mol. The number of hydrogen-bond acceptors (Lipinski definition) is 6. The van der Waals surface area contributed by atoms with Crippen LogP contribution in [0.4, 0.5) is 5.69 Å². The molecule has 0 aromatic heterocycles.